The van der Waals surface area contributed by atoms with Crippen LogP contribution in [0, 0.1) is 0 Å². The number of rotatable bonds is 11. The van der Waals surface area contributed by atoms with Gasteiger partial charge in [-0.1, -0.05) is 112 Å². The van der Waals surface area contributed by atoms with E-state index in [9.17, 15) is 4.79 Å². The maximum Gasteiger partial charge on any atom is 0.261 e. The number of hydrogen-bond acceptors (Lipinski definition) is 4. The van der Waals surface area contributed by atoms with Gasteiger partial charge in [0.25, 0.3) is 8.32 Å². The summed E-state index contributed by atoms with van der Waals surface area (Å²) in [4.78, 5) is 15.3. The molecule has 1 amide bonds. The Morgan fingerprint density at radius 2 is 1.47 bits per heavy atom. The average molecular weight is 531 g/mol. The summed E-state index contributed by atoms with van der Waals surface area (Å²) >= 11 is 0. The first-order valence-corrected chi connectivity index (χ1v) is 15.6. The van der Waals surface area contributed by atoms with E-state index < -0.39 is 8.32 Å². The normalized spacial score (nSPS) is 17.4. The number of nitrogens with zero attached hydrogens (tertiary/aromatic N) is 1. The first kappa shape index (κ1) is 28.2. The van der Waals surface area contributed by atoms with Crippen molar-refractivity contribution >= 4 is 24.6 Å². The van der Waals surface area contributed by atoms with E-state index in [0.717, 1.165) is 18.5 Å². The summed E-state index contributed by atoms with van der Waals surface area (Å²) < 4.78 is 13.3. The first-order valence-electron chi connectivity index (χ1n) is 13.7. The van der Waals surface area contributed by atoms with Crippen molar-refractivity contribution in [2.45, 2.75) is 57.8 Å². The number of ether oxygens (including phenoxy) is 1. The number of hydrogen-bond donors (Lipinski definition) is 1. The van der Waals surface area contributed by atoms with Crippen LogP contribution in [0.5, 0.6) is 0 Å². The molecular weight excluding hydrogens is 488 g/mol. The van der Waals surface area contributed by atoms with E-state index >= 15 is 0 Å². The van der Waals surface area contributed by atoms with Crippen LogP contribution in [-0.4, -0.2) is 57.5 Å². The van der Waals surface area contributed by atoms with Crippen LogP contribution in [0.1, 0.15) is 39.7 Å². The predicted molar refractivity (Wildman–Crippen MR) is 157 cm³/mol. The number of amides is 1. The van der Waals surface area contributed by atoms with E-state index in [1.54, 1.807) is 0 Å². The zero-order chi connectivity index (χ0) is 27.0. The lowest BCUT2D eigenvalue weighted by molar-refractivity contribution is -0.139. The van der Waals surface area contributed by atoms with E-state index in [2.05, 4.69) is 98.9 Å². The Labute approximate surface area is 229 Å². The molecule has 0 unspecified atom stereocenters. The lowest BCUT2D eigenvalue weighted by atomic mass is 10.1. The molecule has 0 bridgehead atoms. The van der Waals surface area contributed by atoms with Crippen LogP contribution in [0.3, 0.4) is 0 Å². The molecular formula is C32H42N2O3Si. The second-order valence-corrected chi connectivity index (χ2v) is 15.5. The van der Waals surface area contributed by atoms with Crippen molar-refractivity contribution in [2.24, 2.45) is 0 Å². The van der Waals surface area contributed by atoms with Gasteiger partial charge in [-0.05, 0) is 34.3 Å². The third-order valence-corrected chi connectivity index (χ3v) is 12.5. The standard InChI is InChI=1S/C32H42N2O3Si/c1-26-31(35)34(22-21-33-26)28(20-23-36-24-27-14-8-5-9-15-27)25-37-38(32(2,3)4,29-16-10-6-11-17-29)30-18-12-7-13-19-30/h5-19,26,28,33H,20-25H2,1-4H3/t26-,28-/m0/s1. The minimum atomic E-state index is -2.71. The van der Waals surface area contributed by atoms with Crippen molar-refractivity contribution in [3.05, 3.63) is 96.6 Å². The van der Waals surface area contributed by atoms with E-state index in [1.807, 2.05) is 30.0 Å². The van der Waals surface area contributed by atoms with Gasteiger partial charge >= 0.3 is 0 Å². The quantitative estimate of drug-likeness (QED) is 0.296. The summed E-state index contributed by atoms with van der Waals surface area (Å²) in [6.45, 7) is 11.9. The van der Waals surface area contributed by atoms with Crippen molar-refractivity contribution in [1.82, 2.24) is 10.2 Å². The Hall–Kier alpha value is -2.77. The molecule has 3 aromatic carbocycles. The van der Waals surface area contributed by atoms with Gasteiger partial charge in [0.15, 0.2) is 0 Å². The molecule has 0 radical (unpaired) electrons. The smallest absolute Gasteiger partial charge is 0.261 e. The highest BCUT2D eigenvalue weighted by atomic mass is 28.4. The summed E-state index contributed by atoms with van der Waals surface area (Å²) in [6, 6.07) is 31.3. The van der Waals surface area contributed by atoms with Crippen LogP contribution in [0.15, 0.2) is 91.0 Å². The molecule has 0 saturated carbocycles. The second-order valence-electron chi connectivity index (χ2n) is 11.2. The molecule has 1 saturated heterocycles. The van der Waals surface area contributed by atoms with Gasteiger partial charge in [0, 0.05) is 19.7 Å². The van der Waals surface area contributed by atoms with Crippen LogP contribution in [0.2, 0.25) is 5.04 Å². The van der Waals surface area contributed by atoms with E-state index in [4.69, 9.17) is 9.16 Å². The van der Waals surface area contributed by atoms with Crippen molar-refractivity contribution in [3.8, 4) is 0 Å². The van der Waals surface area contributed by atoms with Crippen molar-refractivity contribution in [3.63, 3.8) is 0 Å². The maximum atomic E-state index is 13.3. The van der Waals surface area contributed by atoms with Crippen LogP contribution in [0.25, 0.3) is 0 Å². The number of nitrogens with one attached hydrogen (secondary N) is 1. The average Bonchev–Trinajstić information content (AvgIpc) is 2.93. The molecule has 1 fully saturated rings. The zero-order valence-electron chi connectivity index (χ0n) is 23.2. The van der Waals surface area contributed by atoms with Crippen molar-refractivity contribution in [2.75, 3.05) is 26.3 Å². The van der Waals surface area contributed by atoms with Gasteiger partial charge in [-0.15, -0.1) is 0 Å². The summed E-state index contributed by atoms with van der Waals surface area (Å²) in [5.74, 6) is 0.135. The second kappa shape index (κ2) is 12.9. The molecule has 0 aromatic heterocycles. The molecule has 1 aliphatic heterocycles. The molecule has 1 aliphatic rings. The molecule has 202 valence electrons. The van der Waals surface area contributed by atoms with Gasteiger partial charge in [0.05, 0.1) is 25.3 Å². The Balaban J connectivity index is 1.60. The topological polar surface area (TPSA) is 50.8 Å². The fourth-order valence-corrected chi connectivity index (χ4v) is 10.1. The minimum absolute atomic E-state index is 0.0653. The van der Waals surface area contributed by atoms with Crippen LogP contribution in [0.4, 0.5) is 0 Å². The highest BCUT2D eigenvalue weighted by Gasteiger charge is 2.50. The van der Waals surface area contributed by atoms with Crippen molar-refractivity contribution < 1.29 is 14.0 Å². The number of carbonyl (C=O) groups is 1. The fraction of sp³-hybridized carbons (Fsp3) is 0.406. The largest absolute Gasteiger partial charge is 0.405 e. The highest BCUT2D eigenvalue weighted by Crippen LogP contribution is 2.37. The summed E-state index contributed by atoms with van der Waals surface area (Å²) in [6.07, 6.45) is 0.726. The fourth-order valence-electron chi connectivity index (χ4n) is 5.51. The van der Waals surface area contributed by atoms with Gasteiger partial charge in [-0.25, -0.2) is 0 Å². The number of carbonyl (C=O) groups excluding carboxylic acids is 1. The zero-order valence-corrected chi connectivity index (χ0v) is 24.2. The third kappa shape index (κ3) is 6.44. The van der Waals surface area contributed by atoms with Gasteiger partial charge in [0.2, 0.25) is 5.91 Å². The SMILES string of the molecule is C[C@@H]1NCCN([C@@H](CCOCc2ccccc2)CO[Si](c2ccccc2)(c2ccccc2)C(C)(C)C)C1=O. The Bertz CT molecular complexity index is 1100. The predicted octanol–water partition coefficient (Wildman–Crippen LogP) is 4.36. The maximum absolute atomic E-state index is 13.3. The summed E-state index contributed by atoms with van der Waals surface area (Å²) in [5, 5.41) is 5.67. The Kier molecular flexibility index (Phi) is 9.55. The minimum Gasteiger partial charge on any atom is -0.405 e. The number of piperazine rings is 1. The van der Waals surface area contributed by atoms with Crippen LogP contribution >= 0.6 is 0 Å². The molecule has 0 aliphatic carbocycles. The molecule has 38 heavy (non-hydrogen) atoms. The lowest BCUT2D eigenvalue weighted by Gasteiger charge is -2.45. The van der Waals surface area contributed by atoms with E-state index in [-0.39, 0.29) is 23.0 Å². The molecule has 5 nitrogen and oxygen atoms in total. The molecule has 4 rings (SSSR count). The van der Waals surface area contributed by atoms with Gasteiger partial charge < -0.3 is 19.4 Å². The monoisotopic (exact) mass is 530 g/mol. The Morgan fingerprint density at radius 1 is 0.921 bits per heavy atom. The van der Waals surface area contributed by atoms with Gasteiger partial charge in [-0.2, -0.15) is 0 Å². The third-order valence-electron chi connectivity index (χ3n) is 7.51. The molecule has 1 heterocycles. The number of benzene rings is 3. The summed E-state index contributed by atoms with van der Waals surface area (Å²) in [7, 11) is -2.71. The molecule has 1 N–H and O–H groups in total. The molecule has 3 aromatic rings. The molecule has 2 atom stereocenters. The van der Waals surface area contributed by atoms with E-state index in [1.165, 1.54) is 10.4 Å². The molecule has 6 heteroatoms. The Morgan fingerprint density at radius 3 is 2.03 bits per heavy atom. The van der Waals surface area contributed by atoms with E-state index in [0.29, 0.717) is 26.4 Å². The summed E-state index contributed by atoms with van der Waals surface area (Å²) in [5.41, 5.74) is 1.15. The lowest BCUT2D eigenvalue weighted by Crippen LogP contribution is -2.68. The van der Waals surface area contributed by atoms with Crippen molar-refractivity contribution in [1.29, 1.82) is 0 Å². The highest BCUT2D eigenvalue weighted by molar-refractivity contribution is 6.99. The molecule has 0 spiro atoms. The first-order chi connectivity index (χ1) is 18.3. The van der Waals surface area contributed by atoms with Gasteiger partial charge in [-0.3, -0.25) is 4.79 Å². The van der Waals surface area contributed by atoms with Gasteiger partial charge in [0.1, 0.15) is 0 Å². The van der Waals surface area contributed by atoms with Crippen LogP contribution in [-0.2, 0) is 20.6 Å². The van der Waals surface area contributed by atoms with Crippen LogP contribution < -0.4 is 15.7 Å².